The Morgan fingerprint density at radius 2 is 1.27 bits per heavy atom. The molecule has 2 rings (SSSR count). The third-order valence-corrected chi connectivity index (χ3v) is 1.27. The van der Waals surface area contributed by atoms with Crippen molar-refractivity contribution < 1.29 is 0 Å². The van der Waals surface area contributed by atoms with E-state index in [1.165, 1.54) is 0 Å². The first-order valence-electron chi connectivity index (χ1n) is 4.90. The molecule has 2 aromatic rings. The number of pyridine rings is 2. The van der Waals surface area contributed by atoms with Crippen molar-refractivity contribution in [1.82, 2.24) is 9.97 Å². The number of nitrogen functional groups attached to an aromatic ring is 1. The molecule has 0 aromatic carbocycles. The Labute approximate surface area is 91.0 Å². The Morgan fingerprint density at radius 3 is 1.47 bits per heavy atom. The second kappa shape index (κ2) is 10.2. The maximum absolute atomic E-state index is 5.32. The summed E-state index contributed by atoms with van der Waals surface area (Å²) in [5.74, 6) is 0. The van der Waals surface area contributed by atoms with E-state index in [1.54, 1.807) is 36.9 Å². The summed E-state index contributed by atoms with van der Waals surface area (Å²) < 4.78 is 0. The predicted molar refractivity (Wildman–Crippen MR) is 64.2 cm³/mol. The molecule has 0 aliphatic heterocycles. The normalized spacial score (nSPS) is 7.60. The maximum Gasteiger partial charge on any atom is 0.0344 e. The van der Waals surface area contributed by atoms with Crippen LogP contribution in [0.4, 0.5) is 5.69 Å². The number of aromatic nitrogens is 2. The van der Waals surface area contributed by atoms with Crippen molar-refractivity contribution in [3.63, 3.8) is 0 Å². The third-order valence-electron chi connectivity index (χ3n) is 1.27. The summed E-state index contributed by atoms with van der Waals surface area (Å²) in [7, 11) is 0. The fourth-order valence-corrected chi connectivity index (χ4v) is 0.676. The van der Waals surface area contributed by atoms with Gasteiger partial charge in [-0.25, -0.2) is 0 Å². The molecule has 15 heavy (non-hydrogen) atoms. The Kier molecular flexibility index (Phi) is 8.89. The SMILES string of the molecule is CC.Nc1ccncc1.c1ccncc1. The van der Waals surface area contributed by atoms with Crippen LogP contribution in [0, 0.1) is 0 Å². The molecular weight excluding hydrogens is 186 g/mol. The van der Waals surface area contributed by atoms with Crippen molar-refractivity contribution in [3.8, 4) is 0 Å². The highest BCUT2D eigenvalue weighted by atomic mass is 14.6. The molecule has 0 unspecified atom stereocenters. The predicted octanol–water partition coefficient (Wildman–Crippen LogP) is 2.77. The Balaban J connectivity index is 0.000000227. The second-order valence-electron chi connectivity index (χ2n) is 2.31. The average Bonchev–Trinajstić information content (AvgIpc) is 2.36. The molecule has 80 valence electrons. The zero-order valence-electron chi connectivity index (χ0n) is 9.17. The minimum absolute atomic E-state index is 0.759. The molecule has 3 nitrogen and oxygen atoms in total. The smallest absolute Gasteiger partial charge is 0.0344 e. The Hall–Kier alpha value is -1.90. The molecule has 0 radical (unpaired) electrons. The van der Waals surface area contributed by atoms with Crippen molar-refractivity contribution in [2.75, 3.05) is 5.73 Å². The largest absolute Gasteiger partial charge is 0.399 e. The zero-order valence-corrected chi connectivity index (χ0v) is 9.17. The van der Waals surface area contributed by atoms with Crippen LogP contribution in [0.1, 0.15) is 13.8 Å². The summed E-state index contributed by atoms with van der Waals surface area (Å²) >= 11 is 0. The number of rotatable bonds is 0. The van der Waals surface area contributed by atoms with Gasteiger partial charge < -0.3 is 5.73 Å². The third kappa shape index (κ3) is 8.43. The van der Waals surface area contributed by atoms with Crippen LogP contribution in [0.5, 0.6) is 0 Å². The first kappa shape index (κ1) is 13.1. The zero-order chi connectivity index (χ0) is 11.4. The number of hydrogen-bond donors (Lipinski definition) is 1. The highest BCUT2D eigenvalue weighted by Crippen LogP contribution is 1.92. The molecule has 0 spiro atoms. The van der Waals surface area contributed by atoms with Crippen LogP contribution in [0.3, 0.4) is 0 Å². The topological polar surface area (TPSA) is 51.8 Å². The van der Waals surface area contributed by atoms with Crippen LogP contribution < -0.4 is 5.73 Å². The molecule has 0 fully saturated rings. The summed E-state index contributed by atoms with van der Waals surface area (Å²) in [6.45, 7) is 4.00. The van der Waals surface area contributed by atoms with E-state index in [9.17, 15) is 0 Å². The van der Waals surface area contributed by atoms with Crippen molar-refractivity contribution >= 4 is 5.69 Å². The van der Waals surface area contributed by atoms with E-state index in [4.69, 9.17) is 5.73 Å². The van der Waals surface area contributed by atoms with E-state index in [1.807, 2.05) is 32.0 Å². The van der Waals surface area contributed by atoms with Gasteiger partial charge in [-0.1, -0.05) is 19.9 Å². The molecule has 0 saturated carbocycles. The molecule has 3 heteroatoms. The lowest BCUT2D eigenvalue weighted by Crippen LogP contribution is -1.81. The second-order valence-corrected chi connectivity index (χ2v) is 2.31. The quantitative estimate of drug-likeness (QED) is 0.716. The minimum Gasteiger partial charge on any atom is -0.399 e. The summed E-state index contributed by atoms with van der Waals surface area (Å²) in [6, 6.07) is 9.22. The summed E-state index contributed by atoms with van der Waals surface area (Å²) in [6.07, 6.45) is 6.82. The van der Waals surface area contributed by atoms with Crippen LogP contribution in [-0.2, 0) is 0 Å². The summed E-state index contributed by atoms with van der Waals surface area (Å²) in [5.41, 5.74) is 6.08. The minimum atomic E-state index is 0.759. The number of anilines is 1. The Bertz CT molecular complexity index is 281. The molecule has 2 N–H and O–H groups in total. The van der Waals surface area contributed by atoms with E-state index < -0.39 is 0 Å². The van der Waals surface area contributed by atoms with Gasteiger partial charge in [-0.05, 0) is 24.3 Å². The van der Waals surface area contributed by atoms with Gasteiger partial charge in [0.05, 0.1) is 0 Å². The summed E-state index contributed by atoms with van der Waals surface area (Å²) in [5, 5.41) is 0. The van der Waals surface area contributed by atoms with Crippen LogP contribution in [0.2, 0.25) is 0 Å². The summed E-state index contributed by atoms with van der Waals surface area (Å²) in [4.78, 5) is 7.55. The molecule has 2 aromatic heterocycles. The lowest BCUT2D eigenvalue weighted by molar-refractivity contribution is 1.33. The fraction of sp³-hybridized carbons (Fsp3) is 0.167. The highest BCUT2D eigenvalue weighted by Gasteiger charge is 1.73. The Morgan fingerprint density at radius 1 is 0.800 bits per heavy atom. The van der Waals surface area contributed by atoms with E-state index >= 15 is 0 Å². The first-order chi connectivity index (χ1) is 7.39. The van der Waals surface area contributed by atoms with E-state index in [2.05, 4.69) is 9.97 Å². The molecule has 0 aliphatic rings. The number of nitrogens with two attached hydrogens (primary N) is 1. The lowest BCUT2D eigenvalue weighted by atomic mass is 10.4. The van der Waals surface area contributed by atoms with Crippen LogP contribution >= 0.6 is 0 Å². The van der Waals surface area contributed by atoms with Crippen LogP contribution in [0.15, 0.2) is 55.1 Å². The monoisotopic (exact) mass is 203 g/mol. The number of hydrogen-bond acceptors (Lipinski definition) is 3. The van der Waals surface area contributed by atoms with E-state index in [-0.39, 0.29) is 0 Å². The van der Waals surface area contributed by atoms with Crippen LogP contribution in [0.25, 0.3) is 0 Å². The van der Waals surface area contributed by atoms with E-state index in [0.717, 1.165) is 5.69 Å². The highest BCUT2D eigenvalue weighted by molar-refractivity contribution is 5.33. The van der Waals surface area contributed by atoms with Gasteiger partial charge in [0.2, 0.25) is 0 Å². The molecule has 0 aliphatic carbocycles. The standard InChI is InChI=1S/C5H6N2.C5H5N.C2H6/c6-5-1-3-7-4-2-5;1-2-4-6-5-3-1;1-2/h1-4H,(H2,6,7);1-5H;1-2H3. The molecular formula is C12H17N3. The lowest BCUT2D eigenvalue weighted by Gasteiger charge is -1.83. The first-order valence-corrected chi connectivity index (χ1v) is 4.90. The number of nitrogens with zero attached hydrogens (tertiary/aromatic N) is 2. The van der Waals surface area contributed by atoms with Crippen LogP contribution in [-0.4, -0.2) is 9.97 Å². The van der Waals surface area contributed by atoms with Crippen molar-refractivity contribution in [2.45, 2.75) is 13.8 Å². The van der Waals surface area contributed by atoms with Gasteiger partial charge in [-0.2, -0.15) is 0 Å². The van der Waals surface area contributed by atoms with Gasteiger partial charge in [0.25, 0.3) is 0 Å². The molecule has 0 saturated heterocycles. The average molecular weight is 203 g/mol. The van der Waals surface area contributed by atoms with Gasteiger partial charge in [-0.15, -0.1) is 0 Å². The van der Waals surface area contributed by atoms with Crippen molar-refractivity contribution in [1.29, 1.82) is 0 Å². The van der Waals surface area contributed by atoms with Gasteiger partial charge in [0.1, 0.15) is 0 Å². The fourth-order valence-electron chi connectivity index (χ4n) is 0.676. The molecule has 2 heterocycles. The van der Waals surface area contributed by atoms with Gasteiger partial charge in [0, 0.05) is 30.5 Å². The van der Waals surface area contributed by atoms with Gasteiger partial charge in [-0.3, -0.25) is 9.97 Å². The molecule has 0 bridgehead atoms. The van der Waals surface area contributed by atoms with Gasteiger partial charge >= 0.3 is 0 Å². The van der Waals surface area contributed by atoms with Gasteiger partial charge in [0.15, 0.2) is 0 Å². The van der Waals surface area contributed by atoms with Crippen molar-refractivity contribution in [3.05, 3.63) is 55.1 Å². The maximum atomic E-state index is 5.32. The molecule has 0 atom stereocenters. The molecule has 0 amide bonds. The van der Waals surface area contributed by atoms with E-state index in [0.29, 0.717) is 0 Å². The van der Waals surface area contributed by atoms with Crippen molar-refractivity contribution in [2.24, 2.45) is 0 Å².